The summed E-state index contributed by atoms with van der Waals surface area (Å²) in [6.07, 6.45) is 1.26. The summed E-state index contributed by atoms with van der Waals surface area (Å²) in [6.45, 7) is 3.95. The third-order valence-electron chi connectivity index (χ3n) is 8.60. The molecule has 12 heteroatoms. The molecule has 2 aliphatic carbocycles. The summed E-state index contributed by atoms with van der Waals surface area (Å²) in [7, 11) is -2.47. The number of aromatic nitrogens is 1. The van der Waals surface area contributed by atoms with E-state index in [1.165, 1.54) is 0 Å². The molecule has 1 aromatic carbocycles. The number of thiazole rings is 1. The number of benzene rings is 1. The number of rotatable bonds is 6. The Labute approximate surface area is 239 Å². The van der Waals surface area contributed by atoms with Crippen LogP contribution in [-0.4, -0.2) is 82.6 Å². The molecule has 0 bridgehead atoms. The normalized spacial score (nSPS) is 28.4. The van der Waals surface area contributed by atoms with Crippen molar-refractivity contribution >= 4 is 38.7 Å². The molecule has 6 rings (SSSR count). The fraction of sp³-hybridized carbons (Fsp3) is 0.607. The molecule has 4 fully saturated rings. The molecular weight excluding hydrogens is 553 g/mol. The Kier molecular flexibility index (Phi) is 7.69. The van der Waals surface area contributed by atoms with Crippen LogP contribution in [0.25, 0.3) is 10.4 Å². The van der Waals surface area contributed by atoms with Gasteiger partial charge in [-0.2, -0.15) is 15.9 Å². The zero-order valence-electron chi connectivity index (χ0n) is 22.4. The second kappa shape index (κ2) is 11.1. The van der Waals surface area contributed by atoms with E-state index >= 15 is 0 Å². The second-order valence-corrected chi connectivity index (χ2v) is 14.8. The topological polar surface area (TPSA) is 122 Å². The number of nitrogens with one attached hydrogen (secondary N) is 1. The Morgan fingerprint density at radius 3 is 2.48 bits per heavy atom. The number of ether oxygens (including phenoxy) is 1. The molecule has 216 valence electrons. The number of amides is 1. The average molecular weight is 590 g/mol. The van der Waals surface area contributed by atoms with Gasteiger partial charge >= 0.3 is 0 Å². The molecule has 2 saturated heterocycles. The van der Waals surface area contributed by atoms with Crippen molar-refractivity contribution in [2.45, 2.75) is 49.7 Å². The van der Waals surface area contributed by atoms with Crippen molar-refractivity contribution in [3.05, 3.63) is 30.0 Å². The van der Waals surface area contributed by atoms with Gasteiger partial charge in [-0.25, -0.2) is 9.37 Å². The highest BCUT2D eigenvalue weighted by molar-refractivity contribution is 8.24. The van der Waals surface area contributed by atoms with Crippen LogP contribution < -0.4 is 15.1 Å². The Bertz CT molecular complexity index is 1260. The molecule has 3 N–H and O–H groups in total. The van der Waals surface area contributed by atoms with E-state index in [0.717, 1.165) is 40.0 Å². The number of anilines is 2. The van der Waals surface area contributed by atoms with Crippen molar-refractivity contribution in [1.82, 2.24) is 10.3 Å². The number of alkyl halides is 1. The molecule has 0 spiro atoms. The van der Waals surface area contributed by atoms with Crippen LogP contribution >= 0.6 is 21.9 Å². The zero-order chi connectivity index (χ0) is 27.9. The van der Waals surface area contributed by atoms with Crippen LogP contribution in [0, 0.1) is 17.2 Å². The van der Waals surface area contributed by atoms with Crippen LogP contribution in [0.1, 0.15) is 43.7 Å². The first kappa shape index (κ1) is 27.7. The van der Waals surface area contributed by atoms with Gasteiger partial charge in [-0.15, -0.1) is 0 Å². The lowest BCUT2D eigenvalue weighted by Crippen LogP contribution is -2.44. The molecule has 0 radical (unpaired) electrons. The third kappa shape index (κ3) is 5.81. The Morgan fingerprint density at radius 1 is 1.12 bits per heavy atom. The van der Waals surface area contributed by atoms with Crippen LogP contribution in [0.3, 0.4) is 0 Å². The standard InChI is InChI=1S/C28H36FN5O4S2/c29-20-3-6-22(23(17-20)26(35)32-28(18-30)7-8-28)24-25(39-27(31-24)34-9-13-38-14-10-34)19-1-4-21(5-2-19)33-11-15-40(36,37)16-12-33/h1-2,4-5,20,22-23,36-37H,3,6-17H2,(H,32,35)/t20-,22+,23+/m0/s1. The quantitative estimate of drug-likeness (QED) is 0.447. The summed E-state index contributed by atoms with van der Waals surface area (Å²) in [4.78, 5) is 23.9. The molecular formula is C28H36FN5O4S2. The molecule has 3 heterocycles. The number of nitrogens with zero attached hydrogens (tertiary/aromatic N) is 4. The van der Waals surface area contributed by atoms with Crippen molar-refractivity contribution in [2.75, 3.05) is 60.7 Å². The first-order valence-corrected chi connectivity index (χ1v) is 16.8. The highest BCUT2D eigenvalue weighted by atomic mass is 32.3. The summed E-state index contributed by atoms with van der Waals surface area (Å²) in [5.74, 6) is -0.311. The number of carbonyl (C=O) groups excluding carboxylic acids is 1. The Balaban J connectivity index is 1.31. The minimum atomic E-state index is -2.47. The number of carbonyl (C=O) groups is 1. The highest BCUT2D eigenvalue weighted by Gasteiger charge is 2.48. The summed E-state index contributed by atoms with van der Waals surface area (Å²) in [6, 6.07) is 10.5. The van der Waals surface area contributed by atoms with Gasteiger partial charge in [0.25, 0.3) is 0 Å². The first-order valence-electron chi connectivity index (χ1n) is 14.1. The van der Waals surface area contributed by atoms with Crippen LogP contribution in [0.4, 0.5) is 15.2 Å². The maximum absolute atomic E-state index is 14.7. The summed E-state index contributed by atoms with van der Waals surface area (Å²) in [5, 5.41) is 13.3. The van der Waals surface area contributed by atoms with Crippen molar-refractivity contribution in [3.63, 3.8) is 0 Å². The average Bonchev–Trinajstić information content (AvgIpc) is 3.60. The van der Waals surface area contributed by atoms with Gasteiger partial charge in [0.05, 0.1) is 41.4 Å². The number of hydrogen-bond donors (Lipinski definition) is 3. The molecule has 2 aromatic rings. The minimum Gasteiger partial charge on any atom is -0.378 e. The van der Waals surface area contributed by atoms with Gasteiger partial charge in [-0.05, 0) is 49.8 Å². The van der Waals surface area contributed by atoms with Gasteiger partial charge in [0.2, 0.25) is 5.91 Å². The molecule has 1 amide bonds. The van der Waals surface area contributed by atoms with Gasteiger partial charge in [-0.1, -0.05) is 23.5 Å². The lowest BCUT2D eigenvalue weighted by molar-refractivity contribution is -0.128. The molecule has 0 unspecified atom stereocenters. The molecule has 1 aromatic heterocycles. The van der Waals surface area contributed by atoms with E-state index in [2.05, 4.69) is 45.5 Å². The largest absolute Gasteiger partial charge is 0.378 e. The van der Waals surface area contributed by atoms with Gasteiger partial charge in [0.15, 0.2) is 5.13 Å². The van der Waals surface area contributed by atoms with E-state index in [9.17, 15) is 23.6 Å². The fourth-order valence-electron chi connectivity index (χ4n) is 5.93. The number of halogens is 1. The molecule has 4 aliphatic rings. The molecule has 9 nitrogen and oxygen atoms in total. The minimum absolute atomic E-state index is 0.134. The highest BCUT2D eigenvalue weighted by Crippen LogP contribution is 2.47. The molecule has 2 saturated carbocycles. The lowest BCUT2D eigenvalue weighted by Gasteiger charge is -2.41. The van der Waals surface area contributed by atoms with E-state index in [1.54, 1.807) is 11.3 Å². The predicted octanol–water partition coefficient (Wildman–Crippen LogP) is 4.61. The fourth-order valence-corrected chi connectivity index (χ4v) is 8.35. The maximum atomic E-state index is 14.7. The van der Waals surface area contributed by atoms with Crippen molar-refractivity contribution in [1.29, 1.82) is 5.26 Å². The van der Waals surface area contributed by atoms with E-state index in [-0.39, 0.29) is 18.2 Å². The molecule has 40 heavy (non-hydrogen) atoms. The summed E-state index contributed by atoms with van der Waals surface area (Å²) in [5.41, 5.74) is 2.06. The summed E-state index contributed by atoms with van der Waals surface area (Å²) >= 11 is 1.60. The van der Waals surface area contributed by atoms with Crippen molar-refractivity contribution in [2.24, 2.45) is 5.92 Å². The number of morpholine rings is 1. The van der Waals surface area contributed by atoms with Crippen molar-refractivity contribution in [3.8, 4) is 16.5 Å². The van der Waals surface area contributed by atoms with Crippen LogP contribution in [0.5, 0.6) is 0 Å². The molecule has 3 atom stereocenters. The Hall–Kier alpha value is -2.43. The molecule has 2 aliphatic heterocycles. The van der Waals surface area contributed by atoms with Crippen molar-refractivity contribution < 1.29 is 23.0 Å². The van der Waals surface area contributed by atoms with Gasteiger partial charge in [0, 0.05) is 43.7 Å². The van der Waals surface area contributed by atoms with Crippen LogP contribution in [0.2, 0.25) is 0 Å². The van der Waals surface area contributed by atoms with E-state index < -0.39 is 28.2 Å². The van der Waals surface area contributed by atoms with Gasteiger partial charge in [-0.3, -0.25) is 13.9 Å². The SMILES string of the molecule is N#CC1(NC(=O)[C@@H]2C[C@@H](F)CC[C@H]2c2nc(N3CCOCC3)sc2-c2ccc(N3CCS(O)(O)CC3)cc2)CC1. The lowest BCUT2D eigenvalue weighted by atomic mass is 9.75. The van der Waals surface area contributed by atoms with Gasteiger partial charge < -0.3 is 19.9 Å². The summed E-state index contributed by atoms with van der Waals surface area (Å²) < 4.78 is 40.2. The third-order valence-corrected chi connectivity index (χ3v) is 11.4. The number of hydrogen-bond acceptors (Lipinski definition) is 9. The van der Waals surface area contributed by atoms with E-state index in [1.807, 2.05) is 0 Å². The zero-order valence-corrected chi connectivity index (χ0v) is 24.1. The van der Waals surface area contributed by atoms with Crippen LogP contribution in [-0.2, 0) is 9.53 Å². The maximum Gasteiger partial charge on any atom is 0.225 e. The van der Waals surface area contributed by atoms with E-state index in [4.69, 9.17) is 9.72 Å². The van der Waals surface area contributed by atoms with Gasteiger partial charge in [0.1, 0.15) is 11.7 Å². The van der Waals surface area contributed by atoms with Crippen LogP contribution in [0.15, 0.2) is 24.3 Å². The predicted molar refractivity (Wildman–Crippen MR) is 156 cm³/mol. The monoisotopic (exact) mass is 589 g/mol. The van der Waals surface area contributed by atoms with E-state index in [0.29, 0.717) is 63.5 Å². The Morgan fingerprint density at radius 2 is 1.82 bits per heavy atom. The number of nitriles is 1. The first-order chi connectivity index (χ1) is 19.3. The smallest absolute Gasteiger partial charge is 0.225 e. The second-order valence-electron chi connectivity index (χ2n) is 11.4.